The Bertz CT molecular complexity index is 1050. The van der Waals surface area contributed by atoms with Gasteiger partial charge < -0.3 is 9.64 Å². The molecule has 1 atom stereocenters. The number of hydrogen-bond acceptors (Lipinski definition) is 4. The van der Waals surface area contributed by atoms with Crippen molar-refractivity contribution in [1.82, 2.24) is 4.31 Å². The lowest BCUT2D eigenvalue weighted by atomic mass is 10.1. The van der Waals surface area contributed by atoms with Gasteiger partial charge in [0.05, 0.1) is 4.90 Å². The predicted molar refractivity (Wildman–Crippen MR) is 122 cm³/mol. The topological polar surface area (TPSA) is 66.9 Å². The molecule has 1 aliphatic rings. The van der Waals surface area contributed by atoms with Gasteiger partial charge in [-0.3, -0.25) is 4.79 Å². The minimum absolute atomic E-state index is 0.0630. The molecule has 0 aliphatic carbocycles. The third kappa shape index (κ3) is 4.40. The quantitative estimate of drug-likeness (QED) is 0.579. The first-order chi connectivity index (χ1) is 14.2. The zero-order valence-electron chi connectivity index (χ0n) is 17.7. The third-order valence-corrected chi connectivity index (χ3v) is 7.91. The highest BCUT2D eigenvalue weighted by atomic mass is 79.9. The van der Waals surface area contributed by atoms with E-state index in [1.165, 1.54) is 10.4 Å². The number of amides is 1. The fourth-order valence-corrected chi connectivity index (χ4v) is 5.80. The van der Waals surface area contributed by atoms with Gasteiger partial charge >= 0.3 is 0 Å². The minimum atomic E-state index is -3.53. The van der Waals surface area contributed by atoms with Crippen LogP contribution in [-0.2, 0) is 21.2 Å². The molecule has 0 saturated carbocycles. The molecular weight excluding hydrogens is 468 g/mol. The molecule has 2 aromatic carbocycles. The van der Waals surface area contributed by atoms with Crippen molar-refractivity contribution in [2.45, 2.75) is 45.1 Å². The molecule has 2 aromatic rings. The maximum atomic E-state index is 12.9. The van der Waals surface area contributed by atoms with Crippen LogP contribution in [0.2, 0.25) is 0 Å². The van der Waals surface area contributed by atoms with Gasteiger partial charge in [0.15, 0.2) is 6.61 Å². The van der Waals surface area contributed by atoms with E-state index in [1.54, 1.807) is 24.0 Å². The van der Waals surface area contributed by atoms with E-state index in [4.69, 9.17) is 4.74 Å². The summed E-state index contributed by atoms with van der Waals surface area (Å²) in [5.41, 5.74) is 2.72. The highest BCUT2D eigenvalue weighted by molar-refractivity contribution is 9.10. The lowest BCUT2D eigenvalue weighted by molar-refractivity contribution is -0.120. The van der Waals surface area contributed by atoms with E-state index < -0.39 is 10.0 Å². The summed E-state index contributed by atoms with van der Waals surface area (Å²) in [6.45, 7) is 8.15. The van der Waals surface area contributed by atoms with Crippen LogP contribution in [-0.4, -0.2) is 44.4 Å². The summed E-state index contributed by atoms with van der Waals surface area (Å²) in [5, 5.41) is 0. The summed E-state index contributed by atoms with van der Waals surface area (Å²) >= 11 is 3.47. The van der Waals surface area contributed by atoms with Crippen molar-refractivity contribution in [1.29, 1.82) is 0 Å². The highest BCUT2D eigenvalue weighted by Crippen LogP contribution is 2.34. The molecule has 1 heterocycles. The number of carbonyl (C=O) groups excluding carboxylic acids is 1. The number of halogens is 1. The number of sulfonamides is 1. The maximum Gasteiger partial charge on any atom is 0.265 e. The van der Waals surface area contributed by atoms with Crippen molar-refractivity contribution >= 4 is 37.5 Å². The third-order valence-electron chi connectivity index (χ3n) is 5.37. The summed E-state index contributed by atoms with van der Waals surface area (Å²) in [7, 11) is -3.53. The van der Waals surface area contributed by atoms with Crippen molar-refractivity contribution in [2.75, 3.05) is 24.6 Å². The zero-order valence-corrected chi connectivity index (χ0v) is 20.1. The number of nitrogens with zero attached hydrogens (tertiary/aromatic N) is 2. The van der Waals surface area contributed by atoms with Gasteiger partial charge in [0.25, 0.3) is 5.91 Å². The van der Waals surface area contributed by atoms with E-state index in [2.05, 4.69) is 15.9 Å². The van der Waals surface area contributed by atoms with E-state index in [0.29, 0.717) is 24.4 Å². The molecule has 6 nitrogen and oxygen atoms in total. The largest absolute Gasteiger partial charge is 0.483 e. The molecular formula is C22H27BrN2O4S. The van der Waals surface area contributed by atoms with Gasteiger partial charge in [0.1, 0.15) is 5.75 Å². The van der Waals surface area contributed by atoms with Crippen LogP contribution in [0.1, 0.15) is 31.9 Å². The standard InChI is InChI=1S/C22H27BrN2O4S/c1-5-24(6-2)30(27,28)19-8-10-21(15(3)11-19)29-14-22(26)25-16(4)12-17-13-18(23)7-9-20(17)25/h7-11,13,16H,5-6,12,14H2,1-4H3. The SMILES string of the molecule is CCN(CC)S(=O)(=O)c1ccc(OCC(=O)N2c3ccc(Br)cc3CC2C)c(C)c1. The average Bonchev–Trinajstić information content (AvgIpc) is 3.02. The first-order valence-electron chi connectivity index (χ1n) is 10.0. The predicted octanol–water partition coefficient (Wildman–Crippen LogP) is 4.14. The fraction of sp³-hybridized carbons (Fsp3) is 0.409. The Morgan fingerprint density at radius 1 is 1.20 bits per heavy atom. The second kappa shape index (κ2) is 9.08. The number of fused-ring (bicyclic) bond motifs is 1. The Kier molecular flexibility index (Phi) is 6.89. The van der Waals surface area contributed by atoms with Crippen LogP contribution in [0.15, 0.2) is 45.8 Å². The van der Waals surface area contributed by atoms with Crippen LogP contribution in [0, 0.1) is 6.92 Å². The van der Waals surface area contributed by atoms with Gasteiger partial charge in [0.2, 0.25) is 10.0 Å². The molecule has 3 rings (SSSR count). The molecule has 0 spiro atoms. The van der Waals surface area contributed by atoms with E-state index in [-0.39, 0.29) is 23.5 Å². The molecule has 0 aromatic heterocycles. The Labute approximate surface area is 187 Å². The molecule has 8 heteroatoms. The second-order valence-electron chi connectivity index (χ2n) is 7.40. The van der Waals surface area contributed by atoms with E-state index >= 15 is 0 Å². The van der Waals surface area contributed by atoms with E-state index in [1.807, 2.05) is 39.0 Å². The smallest absolute Gasteiger partial charge is 0.265 e. The van der Waals surface area contributed by atoms with Gasteiger partial charge in [-0.05, 0) is 67.8 Å². The Morgan fingerprint density at radius 2 is 1.90 bits per heavy atom. The van der Waals surface area contributed by atoms with Crippen molar-refractivity contribution < 1.29 is 17.9 Å². The number of ether oxygens (including phenoxy) is 1. The Hall–Kier alpha value is -1.90. The van der Waals surface area contributed by atoms with Crippen LogP contribution < -0.4 is 9.64 Å². The van der Waals surface area contributed by atoms with Crippen LogP contribution in [0.3, 0.4) is 0 Å². The van der Waals surface area contributed by atoms with Gasteiger partial charge in [-0.15, -0.1) is 0 Å². The second-order valence-corrected chi connectivity index (χ2v) is 10.2. The van der Waals surface area contributed by atoms with Crippen molar-refractivity contribution in [3.05, 3.63) is 52.0 Å². The number of hydrogen-bond donors (Lipinski definition) is 0. The van der Waals surface area contributed by atoms with Crippen LogP contribution in [0.5, 0.6) is 5.75 Å². The van der Waals surface area contributed by atoms with Crippen molar-refractivity contribution in [3.63, 3.8) is 0 Å². The van der Waals surface area contributed by atoms with Gasteiger partial charge in [-0.25, -0.2) is 8.42 Å². The summed E-state index contributed by atoms with van der Waals surface area (Å²) in [4.78, 5) is 14.9. The zero-order chi connectivity index (χ0) is 22.1. The monoisotopic (exact) mass is 494 g/mol. The van der Waals surface area contributed by atoms with Crippen molar-refractivity contribution in [3.8, 4) is 5.75 Å². The lowest BCUT2D eigenvalue weighted by Gasteiger charge is -2.23. The number of anilines is 1. The average molecular weight is 495 g/mol. The molecule has 162 valence electrons. The molecule has 0 radical (unpaired) electrons. The minimum Gasteiger partial charge on any atom is -0.483 e. The summed E-state index contributed by atoms with van der Waals surface area (Å²) < 4.78 is 33.6. The summed E-state index contributed by atoms with van der Waals surface area (Å²) in [6.07, 6.45) is 0.803. The molecule has 0 fully saturated rings. The van der Waals surface area contributed by atoms with Gasteiger partial charge in [-0.1, -0.05) is 29.8 Å². The van der Waals surface area contributed by atoms with Crippen LogP contribution in [0.4, 0.5) is 5.69 Å². The first kappa shape index (κ1) is 22.8. The van der Waals surface area contributed by atoms with Crippen LogP contribution >= 0.6 is 15.9 Å². The highest BCUT2D eigenvalue weighted by Gasteiger charge is 2.31. The first-order valence-corrected chi connectivity index (χ1v) is 12.3. The Morgan fingerprint density at radius 3 is 2.53 bits per heavy atom. The van der Waals surface area contributed by atoms with E-state index in [9.17, 15) is 13.2 Å². The summed E-state index contributed by atoms with van der Waals surface area (Å²) in [6, 6.07) is 10.7. The van der Waals surface area contributed by atoms with Crippen LogP contribution in [0.25, 0.3) is 0 Å². The number of benzene rings is 2. The molecule has 1 amide bonds. The Balaban J connectivity index is 1.73. The molecule has 0 bridgehead atoms. The molecule has 1 unspecified atom stereocenters. The van der Waals surface area contributed by atoms with Crippen molar-refractivity contribution in [2.24, 2.45) is 0 Å². The maximum absolute atomic E-state index is 12.9. The number of rotatable bonds is 7. The molecule has 30 heavy (non-hydrogen) atoms. The lowest BCUT2D eigenvalue weighted by Crippen LogP contribution is -2.39. The number of carbonyl (C=O) groups is 1. The fourth-order valence-electron chi connectivity index (χ4n) is 3.85. The van der Waals surface area contributed by atoms with Gasteiger partial charge in [0, 0.05) is 29.3 Å². The molecule has 1 aliphatic heterocycles. The summed E-state index contributed by atoms with van der Waals surface area (Å²) in [5.74, 6) is 0.382. The molecule has 0 saturated heterocycles. The normalized spacial score (nSPS) is 16.1. The molecule has 0 N–H and O–H groups in total. The van der Waals surface area contributed by atoms with E-state index in [0.717, 1.165) is 22.1 Å². The van der Waals surface area contributed by atoms with Gasteiger partial charge in [-0.2, -0.15) is 4.31 Å². The number of aryl methyl sites for hydroxylation is 1.